The molecule has 1 aromatic carbocycles. The third-order valence-corrected chi connectivity index (χ3v) is 4.16. The Morgan fingerprint density at radius 1 is 1.35 bits per heavy atom. The molecule has 0 saturated heterocycles. The number of ketones is 1. The number of carbonyl (C=O) groups is 2. The Bertz CT molecular complexity index is 558. The molecule has 3 N–H and O–H groups in total. The number of thioether (sulfide) groups is 1. The number of phenols is 1. The van der Waals surface area contributed by atoms with Gasteiger partial charge in [0.15, 0.2) is 5.78 Å². The molecule has 0 amide bonds. The van der Waals surface area contributed by atoms with Crippen LogP contribution in [0.2, 0.25) is 0 Å². The third-order valence-electron chi connectivity index (χ3n) is 3.09. The first-order chi connectivity index (χ1) is 10.9. The molecule has 0 radical (unpaired) electrons. The van der Waals surface area contributed by atoms with E-state index in [0.29, 0.717) is 17.7 Å². The highest BCUT2D eigenvalue weighted by molar-refractivity contribution is 7.99. The van der Waals surface area contributed by atoms with E-state index < -0.39 is 12.1 Å². The summed E-state index contributed by atoms with van der Waals surface area (Å²) in [4.78, 5) is 21.9. The third kappa shape index (κ3) is 6.11. The van der Waals surface area contributed by atoms with E-state index in [1.54, 1.807) is 6.07 Å². The van der Waals surface area contributed by atoms with Crippen molar-refractivity contribution in [1.29, 1.82) is 0 Å². The minimum atomic E-state index is -0.932. The molecule has 0 aliphatic carbocycles. The number of phenolic OH excluding ortho intramolecular Hbond substituents is 1. The highest BCUT2D eigenvalue weighted by Gasteiger charge is 2.17. The van der Waals surface area contributed by atoms with E-state index >= 15 is 0 Å². The summed E-state index contributed by atoms with van der Waals surface area (Å²) in [5.74, 6) is -0.642. The number of carboxylic acids is 1. The average Bonchev–Trinajstić information content (AvgIpc) is 2.47. The van der Waals surface area contributed by atoms with Crippen LogP contribution in [-0.4, -0.2) is 51.3 Å². The molecule has 0 spiro atoms. The zero-order valence-electron chi connectivity index (χ0n) is 13.2. The summed E-state index contributed by atoms with van der Waals surface area (Å²) in [5.41, 5.74) is 0.795. The van der Waals surface area contributed by atoms with Crippen LogP contribution in [0, 0.1) is 0 Å². The van der Waals surface area contributed by atoms with E-state index in [4.69, 9.17) is 9.84 Å². The van der Waals surface area contributed by atoms with Gasteiger partial charge in [-0.3, -0.25) is 9.59 Å². The lowest BCUT2D eigenvalue weighted by atomic mass is 10.0. The molecule has 0 bridgehead atoms. The van der Waals surface area contributed by atoms with Gasteiger partial charge in [-0.2, -0.15) is 0 Å². The van der Waals surface area contributed by atoms with Gasteiger partial charge >= 0.3 is 5.97 Å². The Hall–Kier alpha value is -1.73. The van der Waals surface area contributed by atoms with Crippen LogP contribution in [0.25, 0.3) is 0 Å². The van der Waals surface area contributed by atoms with Crippen molar-refractivity contribution in [3.8, 4) is 11.5 Å². The lowest BCUT2D eigenvalue weighted by Crippen LogP contribution is -2.21. The minimum absolute atomic E-state index is 0.0117. The zero-order valence-corrected chi connectivity index (χ0v) is 14.1. The fourth-order valence-corrected chi connectivity index (χ4v) is 2.71. The first-order valence-corrected chi connectivity index (χ1v) is 8.48. The lowest BCUT2D eigenvalue weighted by Gasteiger charge is -2.16. The first kappa shape index (κ1) is 19.3. The maximum Gasteiger partial charge on any atom is 0.313 e. The number of hydrogen-bond acceptors (Lipinski definition) is 6. The zero-order chi connectivity index (χ0) is 17.4. The molecule has 0 aromatic heterocycles. The number of carbonyl (C=O) groups excluding carboxylic acids is 1. The predicted octanol–water partition coefficient (Wildman–Crippen LogP) is 2.10. The SMILES string of the molecule is CCCc1c(OCC(O)CSCC(=O)O)ccc(C(C)=O)c1O. The molecule has 0 fully saturated rings. The predicted molar refractivity (Wildman–Crippen MR) is 88.6 cm³/mol. The molecule has 1 rings (SSSR count). The number of carboxylic acid groups (broad SMARTS) is 1. The normalized spacial score (nSPS) is 12.0. The summed E-state index contributed by atoms with van der Waals surface area (Å²) in [6, 6.07) is 3.11. The maximum absolute atomic E-state index is 11.5. The first-order valence-electron chi connectivity index (χ1n) is 7.33. The lowest BCUT2D eigenvalue weighted by molar-refractivity contribution is -0.133. The molecule has 7 heteroatoms. The quantitative estimate of drug-likeness (QED) is 0.559. The average molecular weight is 342 g/mol. The summed E-state index contributed by atoms with van der Waals surface area (Å²) in [6.07, 6.45) is 0.498. The minimum Gasteiger partial charge on any atom is -0.507 e. The van der Waals surface area contributed by atoms with Crippen molar-refractivity contribution >= 4 is 23.5 Å². The van der Waals surface area contributed by atoms with Crippen molar-refractivity contribution < 1.29 is 29.6 Å². The number of hydrogen-bond donors (Lipinski definition) is 3. The Labute approximate surface area is 139 Å². The molecule has 0 heterocycles. The number of rotatable bonds is 10. The highest BCUT2D eigenvalue weighted by atomic mass is 32.2. The highest BCUT2D eigenvalue weighted by Crippen LogP contribution is 2.33. The number of aliphatic carboxylic acids is 1. The van der Waals surface area contributed by atoms with Crippen LogP contribution >= 0.6 is 11.8 Å². The van der Waals surface area contributed by atoms with E-state index in [1.807, 2.05) is 6.92 Å². The number of Topliss-reactive ketones (excluding diaryl/α,β-unsaturated/α-hetero) is 1. The molecule has 1 aromatic rings. The molecule has 128 valence electrons. The van der Waals surface area contributed by atoms with E-state index in [1.165, 1.54) is 13.0 Å². The standard InChI is InChI=1S/C16H22O6S/c1-3-4-13-14(6-5-12(10(2)17)16(13)21)22-7-11(18)8-23-9-15(19)20/h5-6,11,18,21H,3-4,7-9H2,1-2H3,(H,19,20). The molecular weight excluding hydrogens is 320 g/mol. The van der Waals surface area contributed by atoms with Crippen molar-refractivity contribution in [3.63, 3.8) is 0 Å². The summed E-state index contributed by atoms with van der Waals surface area (Å²) >= 11 is 1.10. The Kier molecular flexibility index (Phi) is 7.91. The van der Waals surface area contributed by atoms with Gasteiger partial charge in [-0.25, -0.2) is 0 Å². The van der Waals surface area contributed by atoms with Gasteiger partial charge in [-0.1, -0.05) is 13.3 Å². The smallest absolute Gasteiger partial charge is 0.313 e. The maximum atomic E-state index is 11.5. The van der Waals surface area contributed by atoms with Crippen molar-refractivity contribution in [1.82, 2.24) is 0 Å². The van der Waals surface area contributed by atoms with Gasteiger partial charge in [-0.15, -0.1) is 11.8 Å². The summed E-state index contributed by atoms with van der Waals surface area (Å²) in [6.45, 7) is 3.32. The number of aliphatic hydroxyl groups is 1. The van der Waals surface area contributed by atoms with Crippen LogP contribution in [-0.2, 0) is 11.2 Å². The molecule has 1 atom stereocenters. The van der Waals surface area contributed by atoms with Gasteiger partial charge in [0.05, 0.1) is 17.4 Å². The van der Waals surface area contributed by atoms with E-state index in [9.17, 15) is 19.8 Å². The second kappa shape index (κ2) is 9.42. The van der Waals surface area contributed by atoms with Crippen LogP contribution in [0.15, 0.2) is 12.1 Å². The summed E-state index contributed by atoms with van der Waals surface area (Å²) < 4.78 is 5.54. The summed E-state index contributed by atoms with van der Waals surface area (Å²) in [5, 5.41) is 28.5. The van der Waals surface area contributed by atoms with E-state index in [-0.39, 0.29) is 35.2 Å². The molecule has 0 saturated carbocycles. The molecule has 1 unspecified atom stereocenters. The van der Waals surface area contributed by atoms with Gasteiger partial charge in [-0.05, 0) is 25.5 Å². The second-order valence-electron chi connectivity index (χ2n) is 5.12. The monoisotopic (exact) mass is 342 g/mol. The van der Waals surface area contributed by atoms with Crippen LogP contribution in [0.3, 0.4) is 0 Å². The van der Waals surface area contributed by atoms with Crippen LogP contribution < -0.4 is 4.74 Å². The fourth-order valence-electron chi connectivity index (χ4n) is 2.05. The second-order valence-corrected chi connectivity index (χ2v) is 6.15. The van der Waals surface area contributed by atoms with Gasteiger partial charge in [0.25, 0.3) is 0 Å². The Balaban J connectivity index is 2.74. The van der Waals surface area contributed by atoms with E-state index in [0.717, 1.165) is 18.2 Å². The van der Waals surface area contributed by atoms with E-state index in [2.05, 4.69) is 0 Å². The fraction of sp³-hybridized carbons (Fsp3) is 0.500. The van der Waals surface area contributed by atoms with Gasteiger partial charge in [0.2, 0.25) is 0 Å². The molecular formula is C16H22O6S. The van der Waals surface area contributed by atoms with Crippen molar-refractivity contribution in [2.45, 2.75) is 32.8 Å². The van der Waals surface area contributed by atoms with Crippen LogP contribution in [0.4, 0.5) is 0 Å². The molecule has 0 aliphatic rings. The van der Waals surface area contributed by atoms with Crippen molar-refractivity contribution in [3.05, 3.63) is 23.3 Å². The Morgan fingerprint density at radius 3 is 2.61 bits per heavy atom. The largest absolute Gasteiger partial charge is 0.507 e. The van der Waals surface area contributed by atoms with Crippen molar-refractivity contribution in [2.75, 3.05) is 18.1 Å². The summed E-state index contributed by atoms with van der Waals surface area (Å²) in [7, 11) is 0. The Morgan fingerprint density at radius 2 is 2.04 bits per heavy atom. The topological polar surface area (TPSA) is 104 Å². The van der Waals surface area contributed by atoms with Gasteiger partial charge < -0.3 is 20.1 Å². The number of aromatic hydroxyl groups is 1. The van der Waals surface area contributed by atoms with Gasteiger partial charge in [0, 0.05) is 11.3 Å². The number of benzene rings is 1. The van der Waals surface area contributed by atoms with Crippen LogP contribution in [0.5, 0.6) is 11.5 Å². The van der Waals surface area contributed by atoms with Crippen LogP contribution in [0.1, 0.15) is 36.2 Å². The number of aliphatic hydroxyl groups excluding tert-OH is 1. The van der Waals surface area contributed by atoms with Gasteiger partial charge in [0.1, 0.15) is 18.1 Å². The number of ether oxygens (including phenoxy) is 1. The molecule has 23 heavy (non-hydrogen) atoms. The molecule has 0 aliphatic heterocycles. The van der Waals surface area contributed by atoms with Crippen molar-refractivity contribution in [2.24, 2.45) is 0 Å². The molecule has 6 nitrogen and oxygen atoms in total.